The van der Waals surface area contributed by atoms with Gasteiger partial charge in [0.25, 0.3) is 0 Å². The number of rotatable bonds is 2. The van der Waals surface area contributed by atoms with Gasteiger partial charge >= 0.3 is 0 Å². The number of hydrogen-bond donors (Lipinski definition) is 1. The van der Waals surface area contributed by atoms with E-state index in [9.17, 15) is 0 Å². The van der Waals surface area contributed by atoms with Crippen LogP contribution in [0.3, 0.4) is 0 Å². The Kier molecular flexibility index (Phi) is 3.42. The molecular formula is C14H21N. The van der Waals surface area contributed by atoms with Crippen molar-refractivity contribution in [2.75, 3.05) is 6.54 Å². The summed E-state index contributed by atoms with van der Waals surface area (Å²) in [5, 5.41) is 3.63. The van der Waals surface area contributed by atoms with Crippen LogP contribution in [-0.2, 0) is 6.42 Å². The van der Waals surface area contributed by atoms with Crippen molar-refractivity contribution in [3.05, 3.63) is 35.4 Å². The van der Waals surface area contributed by atoms with Gasteiger partial charge in [-0.1, -0.05) is 37.6 Å². The molecule has 0 amide bonds. The van der Waals surface area contributed by atoms with Gasteiger partial charge in [-0.2, -0.15) is 0 Å². The monoisotopic (exact) mass is 203 g/mol. The van der Waals surface area contributed by atoms with Gasteiger partial charge in [-0.15, -0.1) is 0 Å². The molecule has 2 atom stereocenters. The van der Waals surface area contributed by atoms with Crippen molar-refractivity contribution in [2.45, 2.75) is 45.1 Å². The van der Waals surface area contributed by atoms with Crippen LogP contribution in [0.25, 0.3) is 0 Å². The molecule has 0 radical (unpaired) electrons. The molecule has 0 aliphatic carbocycles. The van der Waals surface area contributed by atoms with E-state index in [-0.39, 0.29) is 0 Å². The van der Waals surface area contributed by atoms with Crippen molar-refractivity contribution in [1.82, 2.24) is 5.32 Å². The van der Waals surface area contributed by atoms with Crippen molar-refractivity contribution < 1.29 is 0 Å². The van der Waals surface area contributed by atoms with Gasteiger partial charge in [0.05, 0.1) is 0 Å². The molecule has 0 saturated carbocycles. The molecule has 0 spiro atoms. The summed E-state index contributed by atoms with van der Waals surface area (Å²) in [6, 6.07) is 9.57. The predicted molar refractivity (Wildman–Crippen MR) is 65.3 cm³/mol. The Morgan fingerprint density at radius 1 is 1.33 bits per heavy atom. The van der Waals surface area contributed by atoms with E-state index in [2.05, 4.69) is 43.4 Å². The molecular weight excluding hydrogens is 182 g/mol. The van der Waals surface area contributed by atoms with Crippen LogP contribution in [-0.4, -0.2) is 12.6 Å². The zero-order chi connectivity index (χ0) is 10.7. The fraction of sp³-hybridized carbons (Fsp3) is 0.571. The number of fused-ring (bicyclic) bond motifs is 1. The lowest BCUT2D eigenvalue weighted by Gasteiger charge is -2.16. The minimum atomic E-state index is 0.619. The molecule has 0 bridgehead atoms. The van der Waals surface area contributed by atoms with E-state index in [0.29, 0.717) is 6.04 Å². The highest BCUT2D eigenvalue weighted by atomic mass is 14.9. The van der Waals surface area contributed by atoms with Crippen molar-refractivity contribution in [2.24, 2.45) is 0 Å². The van der Waals surface area contributed by atoms with Gasteiger partial charge in [0.1, 0.15) is 0 Å². The summed E-state index contributed by atoms with van der Waals surface area (Å²) >= 11 is 0. The standard InChI is InChI=1S/C14H21N/c1-3-6-13-10-15-11(2)9-12-7-4-5-8-14(12)13/h4-5,7-8,11,13,15H,3,6,9-10H2,1-2H3/t11-,13+/m1/s1. The number of nitrogens with one attached hydrogen (secondary N) is 1. The van der Waals surface area contributed by atoms with Crippen LogP contribution in [0.4, 0.5) is 0 Å². The lowest BCUT2D eigenvalue weighted by Crippen LogP contribution is -2.28. The lowest BCUT2D eigenvalue weighted by atomic mass is 9.90. The maximum absolute atomic E-state index is 3.63. The van der Waals surface area contributed by atoms with E-state index < -0.39 is 0 Å². The minimum Gasteiger partial charge on any atom is -0.313 e. The fourth-order valence-corrected chi connectivity index (χ4v) is 2.58. The maximum Gasteiger partial charge on any atom is 0.00794 e. The average molecular weight is 203 g/mol. The highest BCUT2D eigenvalue weighted by Crippen LogP contribution is 2.27. The third-order valence-corrected chi connectivity index (χ3v) is 3.37. The van der Waals surface area contributed by atoms with Gasteiger partial charge in [-0.3, -0.25) is 0 Å². The summed E-state index contributed by atoms with van der Waals surface area (Å²) in [6.07, 6.45) is 3.75. The van der Waals surface area contributed by atoms with Gasteiger partial charge in [-0.25, -0.2) is 0 Å². The Bertz CT molecular complexity index is 319. The molecule has 1 nitrogen and oxygen atoms in total. The Labute approximate surface area is 92.9 Å². The van der Waals surface area contributed by atoms with Crippen molar-refractivity contribution in [1.29, 1.82) is 0 Å². The predicted octanol–water partition coefficient (Wildman–Crippen LogP) is 3.10. The second kappa shape index (κ2) is 4.80. The van der Waals surface area contributed by atoms with Gasteiger partial charge in [0.2, 0.25) is 0 Å². The first kappa shape index (κ1) is 10.7. The second-order valence-electron chi connectivity index (χ2n) is 4.70. The van der Waals surface area contributed by atoms with Crippen LogP contribution in [0, 0.1) is 0 Å². The van der Waals surface area contributed by atoms with Gasteiger partial charge in [0.15, 0.2) is 0 Å². The summed E-state index contributed by atoms with van der Waals surface area (Å²) in [6.45, 7) is 5.70. The Hall–Kier alpha value is -0.820. The van der Waals surface area contributed by atoms with Gasteiger partial charge in [-0.05, 0) is 36.8 Å². The van der Waals surface area contributed by atoms with Crippen LogP contribution in [0.5, 0.6) is 0 Å². The van der Waals surface area contributed by atoms with E-state index >= 15 is 0 Å². The van der Waals surface area contributed by atoms with Crippen molar-refractivity contribution >= 4 is 0 Å². The quantitative estimate of drug-likeness (QED) is 0.779. The summed E-state index contributed by atoms with van der Waals surface area (Å²) in [7, 11) is 0. The topological polar surface area (TPSA) is 12.0 Å². The van der Waals surface area contributed by atoms with E-state index in [1.807, 2.05) is 0 Å². The van der Waals surface area contributed by atoms with E-state index in [4.69, 9.17) is 0 Å². The molecule has 1 aromatic carbocycles. The number of benzene rings is 1. The second-order valence-corrected chi connectivity index (χ2v) is 4.70. The SMILES string of the molecule is CCC[C@H]1CN[C@H](C)Cc2ccccc21. The molecule has 15 heavy (non-hydrogen) atoms. The molecule has 1 aliphatic rings. The molecule has 1 heteroatoms. The molecule has 1 aliphatic heterocycles. The maximum atomic E-state index is 3.63. The minimum absolute atomic E-state index is 0.619. The molecule has 2 rings (SSSR count). The van der Waals surface area contributed by atoms with Crippen LogP contribution in [0.1, 0.15) is 43.7 Å². The van der Waals surface area contributed by atoms with E-state index in [1.54, 1.807) is 11.1 Å². The first-order valence-electron chi connectivity index (χ1n) is 6.12. The van der Waals surface area contributed by atoms with Gasteiger partial charge in [0, 0.05) is 12.6 Å². The summed E-state index contributed by atoms with van der Waals surface area (Å²) in [5.41, 5.74) is 3.13. The average Bonchev–Trinajstić information content (AvgIpc) is 2.39. The first-order valence-corrected chi connectivity index (χ1v) is 6.12. The van der Waals surface area contributed by atoms with Gasteiger partial charge < -0.3 is 5.32 Å². The Morgan fingerprint density at radius 3 is 2.93 bits per heavy atom. The molecule has 1 aromatic rings. The largest absolute Gasteiger partial charge is 0.313 e. The normalized spacial score (nSPS) is 25.7. The lowest BCUT2D eigenvalue weighted by molar-refractivity contribution is 0.508. The smallest absolute Gasteiger partial charge is 0.00794 e. The summed E-state index contributed by atoms with van der Waals surface area (Å²) in [4.78, 5) is 0. The zero-order valence-electron chi connectivity index (χ0n) is 9.79. The van der Waals surface area contributed by atoms with E-state index in [1.165, 1.54) is 19.3 Å². The molecule has 0 fully saturated rings. The van der Waals surface area contributed by atoms with Crippen LogP contribution < -0.4 is 5.32 Å². The fourth-order valence-electron chi connectivity index (χ4n) is 2.58. The Balaban J connectivity index is 2.29. The third-order valence-electron chi connectivity index (χ3n) is 3.37. The highest BCUT2D eigenvalue weighted by Gasteiger charge is 2.19. The zero-order valence-corrected chi connectivity index (χ0v) is 9.79. The first-order chi connectivity index (χ1) is 7.31. The van der Waals surface area contributed by atoms with Crippen LogP contribution >= 0.6 is 0 Å². The molecule has 1 heterocycles. The summed E-state index contributed by atoms with van der Waals surface area (Å²) < 4.78 is 0. The van der Waals surface area contributed by atoms with Crippen molar-refractivity contribution in [3.8, 4) is 0 Å². The molecule has 0 unspecified atom stereocenters. The van der Waals surface area contributed by atoms with E-state index in [0.717, 1.165) is 12.5 Å². The molecule has 0 aromatic heterocycles. The Morgan fingerprint density at radius 2 is 2.13 bits per heavy atom. The van der Waals surface area contributed by atoms with Crippen LogP contribution in [0.2, 0.25) is 0 Å². The highest BCUT2D eigenvalue weighted by molar-refractivity contribution is 5.32. The van der Waals surface area contributed by atoms with Crippen LogP contribution in [0.15, 0.2) is 24.3 Å². The molecule has 0 saturated heterocycles. The summed E-state index contributed by atoms with van der Waals surface area (Å²) in [5.74, 6) is 0.719. The van der Waals surface area contributed by atoms with Crippen molar-refractivity contribution in [3.63, 3.8) is 0 Å². The number of hydrogen-bond acceptors (Lipinski definition) is 1. The molecule has 82 valence electrons. The third kappa shape index (κ3) is 2.40. The molecule has 1 N–H and O–H groups in total.